The van der Waals surface area contributed by atoms with E-state index in [0.717, 1.165) is 11.8 Å². The monoisotopic (exact) mass is 347 g/mol. The molecule has 114 valence electrons. The van der Waals surface area contributed by atoms with E-state index in [0.29, 0.717) is 21.6 Å². The molecule has 0 saturated heterocycles. The number of rotatable bonds is 3. The summed E-state index contributed by atoms with van der Waals surface area (Å²) in [4.78, 5) is 4.78. The maximum absolute atomic E-state index is 4.18. The predicted molar refractivity (Wildman–Crippen MR) is 90.6 cm³/mol. The largest absolute Gasteiger partial charge is 0.265 e. The molecular weight excluding hydrogens is 322 g/mol. The zero-order valence-corrected chi connectivity index (χ0v) is 14.8. The van der Waals surface area contributed by atoms with Crippen LogP contribution >= 0.6 is 15.9 Å². The van der Waals surface area contributed by atoms with Crippen molar-refractivity contribution in [3.05, 3.63) is 30.1 Å². The normalized spacial score (nSPS) is 43.8. The highest BCUT2D eigenvalue weighted by Gasteiger charge is 2.58. The fourth-order valence-corrected chi connectivity index (χ4v) is 7.33. The van der Waals surface area contributed by atoms with Gasteiger partial charge in [0.25, 0.3) is 0 Å². The minimum atomic E-state index is 0.543. The molecule has 1 aromatic rings. The number of hydrogen-bond donors (Lipinski definition) is 0. The maximum Gasteiger partial charge on any atom is 0.0270 e. The minimum Gasteiger partial charge on any atom is -0.265 e. The molecule has 21 heavy (non-hydrogen) atoms. The van der Waals surface area contributed by atoms with E-state index >= 15 is 0 Å². The van der Waals surface area contributed by atoms with E-state index in [1.165, 1.54) is 44.1 Å². The third-order valence-corrected chi connectivity index (χ3v) is 8.42. The fraction of sp³-hybridized carbons (Fsp3) is 0.737. The molecule has 4 bridgehead atoms. The number of nitrogens with zero attached hydrogens (tertiary/aromatic N) is 1. The molecular formula is C19H26BrN. The lowest BCUT2D eigenvalue weighted by atomic mass is 9.43. The van der Waals surface area contributed by atoms with Crippen LogP contribution < -0.4 is 0 Å². The first-order valence-corrected chi connectivity index (χ1v) is 9.45. The number of halogens is 1. The number of hydrogen-bond acceptors (Lipinski definition) is 1. The van der Waals surface area contributed by atoms with Crippen LogP contribution in [0.25, 0.3) is 0 Å². The fourth-order valence-electron chi connectivity index (χ4n) is 6.49. The summed E-state index contributed by atoms with van der Waals surface area (Å²) in [6.45, 7) is 4.96. The molecule has 0 radical (unpaired) electrons. The van der Waals surface area contributed by atoms with Gasteiger partial charge < -0.3 is 0 Å². The second-order valence-corrected chi connectivity index (χ2v) is 9.59. The quantitative estimate of drug-likeness (QED) is 0.652. The zero-order chi connectivity index (χ0) is 14.7. The second-order valence-electron chi connectivity index (χ2n) is 8.61. The van der Waals surface area contributed by atoms with Crippen molar-refractivity contribution in [2.45, 2.75) is 63.1 Å². The van der Waals surface area contributed by atoms with Crippen molar-refractivity contribution < 1.29 is 0 Å². The van der Waals surface area contributed by atoms with Crippen LogP contribution in [0.2, 0.25) is 0 Å². The van der Waals surface area contributed by atoms with Crippen molar-refractivity contribution in [3.63, 3.8) is 0 Å². The standard InChI is InChI=1S/C19H26BrN/c1-13(16-3-5-21-6-4-16)17(20)19-10-14-7-15(11-19)9-18(2,8-14)12-19/h3-6,13-15,17H,7-12H2,1-2H3. The van der Waals surface area contributed by atoms with Gasteiger partial charge in [0, 0.05) is 17.2 Å². The highest BCUT2D eigenvalue weighted by molar-refractivity contribution is 9.09. The van der Waals surface area contributed by atoms with Crippen LogP contribution in [0.5, 0.6) is 0 Å². The first kappa shape index (κ1) is 14.2. The van der Waals surface area contributed by atoms with Crippen LogP contribution in [-0.4, -0.2) is 9.81 Å². The van der Waals surface area contributed by atoms with Gasteiger partial charge >= 0.3 is 0 Å². The summed E-state index contributed by atoms with van der Waals surface area (Å²) in [7, 11) is 0. The van der Waals surface area contributed by atoms with Gasteiger partial charge in [0.2, 0.25) is 0 Å². The van der Waals surface area contributed by atoms with E-state index < -0.39 is 0 Å². The molecule has 4 aliphatic rings. The minimum absolute atomic E-state index is 0.543. The highest BCUT2D eigenvalue weighted by atomic mass is 79.9. The van der Waals surface area contributed by atoms with Crippen molar-refractivity contribution in [2.75, 3.05) is 0 Å². The number of alkyl halides is 1. The molecule has 0 amide bonds. The lowest BCUT2D eigenvalue weighted by molar-refractivity contribution is -0.103. The van der Waals surface area contributed by atoms with E-state index in [1.807, 2.05) is 12.4 Å². The molecule has 1 heterocycles. The van der Waals surface area contributed by atoms with E-state index in [2.05, 4.69) is 46.9 Å². The highest BCUT2D eigenvalue weighted by Crippen LogP contribution is 2.68. The smallest absolute Gasteiger partial charge is 0.0270 e. The van der Waals surface area contributed by atoms with E-state index in [1.54, 1.807) is 0 Å². The van der Waals surface area contributed by atoms with Crippen molar-refractivity contribution in [3.8, 4) is 0 Å². The van der Waals surface area contributed by atoms with Gasteiger partial charge in [-0.15, -0.1) is 0 Å². The molecule has 0 aromatic carbocycles. The van der Waals surface area contributed by atoms with Crippen LogP contribution in [0.15, 0.2) is 24.5 Å². The lowest BCUT2D eigenvalue weighted by Gasteiger charge is -2.63. The predicted octanol–water partition coefficient (Wildman–Crippen LogP) is 5.56. The molecule has 1 aromatic heterocycles. The maximum atomic E-state index is 4.18. The number of pyridine rings is 1. The summed E-state index contributed by atoms with van der Waals surface area (Å²) in [5.74, 6) is 2.58. The Morgan fingerprint density at radius 1 is 1.14 bits per heavy atom. The first-order chi connectivity index (χ1) is 10.00. The topological polar surface area (TPSA) is 12.9 Å². The summed E-state index contributed by atoms with van der Waals surface area (Å²) < 4.78 is 0. The van der Waals surface area contributed by atoms with Crippen molar-refractivity contribution in [1.82, 2.24) is 4.98 Å². The Bertz CT molecular complexity index is 512. The summed E-state index contributed by atoms with van der Waals surface area (Å²) in [6.07, 6.45) is 12.7. The van der Waals surface area contributed by atoms with Crippen molar-refractivity contribution in [1.29, 1.82) is 0 Å². The molecule has 4 saturated carbocycles. The van der Waals surface area contributed by atoms with Crippen molar-refractivity contribution in [2.24, 2.45) is 22.7 Å². The van der Waals surface area contributed by atoms with Gasteiger partial charge in [-0.1, -0.05) is 29.8 Å². The Morgan fingerprint density at radius 3 is 2.33 bits per heavy atom. The average molecular weight is 348 g/mol. The summed E-state index contributed by atoms with van der Waals surface area (Å²) in [6, 6.07) is 4.39. The van der Waals surface area contributed by atoms with Gasteiger partial charge in [-0.25, -0.2) is 0 Å². The third kappa shape index (κ3) is 2.29. The van der Waals surface area contributed by atoms with Crippen molar-refractivity contribution >= 4 is 15.9 Å². The molecule has 5 rings (SSSR count). The van der Waals surface area contributed by atoms with E-state index in [9.17, 15) is 0 Å². The molecule has 1 nitrogen and oxygen atoms in total. The molecule has 4 aliphatic carbocycles. The number of aromatic nitrogens is 1. The van der Waals surface area contributed by atoms with Gasteiger partial charge in [-0.2, -0.15) is 0 Å². The molecule has 0 N–H and O–H groups in total. The molecule has 2 heteroatoms. The van der Waals surface area contributed by atoms with E-state index in [-0.39, 0.29) is 0 Å². The Balaban J connectivity index is 1.63. The molecule has 4 fully saturated rings. The van der Waals surface area contributed by atoms with Crippen LogP contribution in [0, 0.1) is 22.7 Å². The average Bonchev–Trinajstić information content (AvgIpc) is 2.44. The van der Waals surface area contributed by atoms with Crippen LogP contribution in [0.4, 0.5) is 0 Å². The Morgan fingerprint density at radius 2 is 1.76 bits per heavy atom. The Kier molecular flexibility index (Phi) is 3.26. The van der Waals surface area contributed by atoms with Crippen LogP contribution in [0.3, 0.4) is 0 Å². The Hall–Kier alpha value is -0.370. The Labute approximate surface area is 137 Å². The van der Waals surface area contributed by atoms with Gasteiger partial charge in [0.15, 0.2) is 0 Å². The molecule has 0 spiro atoms. The molecule has 4 atom stereocenters. The van der Waals surface area contributed by atoms with Gasteiger partial charge in [0.1, 0.15) is 0 Å². The van der Waals surface area contributed by atoms with Gasteiger partial charge in [-0.3, -0.25) is 4.98 Å². The molecule has 4 unspecified atom stereocenters. The first-order valence-electron chi connectivity index (χ1n) is 8.54. The molecule has 0 aliphatic heterocycles. The SMILES string of the molecule is CC(c1ccncc1)C(Br)C12CC3CC(CC(C)(C3)C1)C2. The van der Waals surface area contributed by atoms with Crippen LogP contribution in [0.1, 0.15) is 63.9 Å². The summed E-state index contributed by atoms with van der Waals surface area (Å²) >= 11 is 4.17. The summed E-state index contributed by atoms with van der Waals surface area (Å²) in [5.41, 5.74) is 2.61. The lowest BCUT2D eigenvalue weighted by Crippen LogP contribution is -2.54. The summed E-state index contributed by atoms with van der Waals surface area (Å²) in [5, 5.41) is 0. The van der Waals surface area contributed by atoms with Gasteiger partial charge in [0.05, 0.1) is 0 Å². The third-order valence-electron chi connectivity index (χ3n) is 6.65. The van der Waals surface area contributed by atoms with Gasteiger partial charge in [-0.05, 0) is 84.8 Å². The zero-order valence-electron chi connectivity index (χ0n) is 13.2. The van der Waals surface area contributed by atoms with Crippen LogP contribution in [-0.2, 0) is 0 Å². The second kappa shape index (κ2) is 4.81. The van der Waals surface area contributed by atoms with E-state index in [4.69, 9.17) is 0 Å².